The molecular weight excluding hydrogens is 233 g/mol. The van der Waals surface area contributed by atoms with Crippen LogP contribution in [0.1, 0.15) is 24.5 Å². The Hall–Kier alpha value is -1.78. The third kappa shape index (κ3) is 3.34. The molecule has 0 aliphatic rings. The number of rotatable bonds is 3. The lowest BCUT2D eigenvalue weighted by molar-refractivity contribution is -0.138. The van der Waals surface area contributed by atoms with E-state index in [-0.39, 0.29) is 17.6 Å². The van der Waals surface area contributed by atoms with E-state index >= 15 is 0 Å². The Morgan fingerprint density at radius 1 is 1.35 bits per heavy atom. The molecule has 17 heavy (non-hydrogen) atoms. The van der Waals surface area contributed by atoms with Gasteiger partial charge in [-0.2, -0.15) is 13.2 Å². The normalized spacial score (nSPS) is 12.6. The molecule has 0 unspecified atom stereocenters. The van der Waals surface area contributed by atoms with Crippen LogP contribution in [-0.2, 0) is 11.0 Å². The summed E-state index contributed by atoms with van der Waals surface area (Å²) < 4.78 is 38.1. The van der Waals surface area contributed by atoms with Crippen molar-refractivity contribution in [3.63, 3.8) is 0 Å². The van der Waals surface area contributed by atoms with Gasteiger partial charge in [0.05, 0.1) is 5.56 Å². The molecule has 92 valence electrons. The second-order valence-electron chi connectivity index (χ2n) is 3.40. The van der Waals surface area contributed by atoms with Gasteiger partial charge >= 0.3 is 12.1 Å². The third-order valence-electron chi connectivity index (χ3n) is 2.26. The number of aliphatic carboxylic acids is 1. The van der Waals surface area contributed by atoms with E-state index in [1.807, 2.05) is 0 Å². The monoisotopic (exact) mass is 244 g/mol. The smallest absolute Gasteiger partial charge is 0.416 e. The lowest BCUT2D eigenvalue weighted by atomic mass is 9.97. The summed E-state index contributed by atoms with van der Waals surface area (Å²) in [5, 5.41) is 8.61. The van der Waals surface area contributed by atoms with Crippen LogP contribution in [0.15, 0.2) is 30.3 Å². The van der Waals surface area contributed by atoms with Gasteiger partial charge in [-0.25, -0.2) is 4.79 Å². The molecule has 0 spiro atoms. The molecule has 1 N–H and O–H groups in total. The average molecular weight is 244 g/mol. The summed E-state index contributed by atoms with van der Waals surface area (Å²) in [5.41, 5.74) is -0.732. The highest BCUT2D eigenvalue weighted by Crippen LogP contribution is 2.35. The minimum Gasteiger partial charge on any atom is -0.478 e. The molecule has 0 aliphatic carbocycles. The van der Waals surface area contributed by atoms with Crippen LogP contribution in [0.3, 0.4) is 0 Å². The van der Waals surface area contributed by atoms with E-state index < -0.39 is 17.7 Å². The van der Waals surface area contributed by atoms with Crippen LogP contribution in [0.25, 0.3) is 5.57 Å². The van der Waals surface area contributed by atoms with Gasteiger partial charge in [0, 0.05) is 6.08 Å². The topological polar surface area (TPSA) is 37.3 Å². The van der Waals surface area contributed by atoms with E-state index in [9.17, 15) is 18.0 Å². The molecule has 0 saturated carbocycles. The van der Waals surface area contributed by atoms with Gasteiger partial charge in [-0.3, -0.25) is 0 Å². The van der Waals surface area contributed by atoms with Crippen molar-refractivity contribution in [3.8, 4) is 0 Å². The number of carbonyl (C=O) groups is 1. The van der Waals surface area contributed by atoms with Gasteiger partial charge in [-0.1, -0.05) is 25.1 Å². The zero-order valence-electron chi connectivity index (χ0n) is 9.08. The molecular formula is C12H11F3O2. The number of carboxylic acids is 1. The van der Waals surface area contributed by atoms with Crippen LogP contribution in [0.4, 0.5) is 13.2 Å². The van der Waals surface area contributed by atoms with Gasteiger partial charge in [-0.05, 0) is 23.6 Å². The number of allylic oxidation sites excluding steroid dienone is 1. The molecule has 0 bridgehead atoms. The Balaban J connectivity index is 3.35. The summed E-state index contributed by atoms with van der Waals surface area (Å²) in [6.07, 6.45) is -3.45. The number of benzene rings is 1. The molecule has 0 aliphatic heterocycles. The summed E-state index contributed by atoms with van der Waals surface area (Å²) in [6.45, 7) is 1.61. The Morgan fingerprint density at radius 2 is 1.94 bits per heavy atom. The number of hydrogen-bond acceptors (Lipinski definition) is 1. The first-order valence-corrected chi connectivity index (χ1v) is 4.96. The Kier molecular flexibility index (Phi) is 3.93. The van der Waals surface area contributed by atoms with Gasteiger partial charge in [-0.15, -0.1) is 0 Å². The standard InChI is InChI=1S/C12H11F3O2/c1-2-8(7-11(16)17)9-5-3-4-6-10(9)12(13,14)15/h3-7H,2H2,1H3,(H,16,17). The summed E-state index contributed by atoms with van der Waals surface area (Å²) in [5.74, 6) is -1.25. The van der Waals surface area contributed by atoms with E-state index in [0.29, 0.717) is 0 Å². The minimum absolute atomic E-state index is 0.0788. The van der Waals surface area contributed by atoms with Crippen LogP contribution >= 0.6 is 0 Å². The molecule has 0 atom stereocenters. The molecule has 1 rings (SSSR count). The lowest BCUT2D eigenvalue weighted by Crippen LogP contribution is -2.09. The highest BCUT2D eigenvalue weighted by atomic mass is 19.4. The maximum absolute atomic E-state index is 12.7. The summed E-state index contributed by atoms with van der Waals surface area (Å²) in [7, 11) is 0. The summed E-state index contributed by atoms with van der Waals surface area (Å²) in [6, 6.07) is 4.96. The molecule has 0 aromatic heterocycles. The highest BCUT2D eigenvalue weighted by Gasteiger charge is 2.33. The van der Waals surface area contributed by atoms with Gasteiger partial charge in [0.1, 0.15) is 0 Å². The maximum atomic E-state index is 12.7. The quantitative estimate of drug-likeness (QED) is 0.825. The van der Waals surface area contributed by atoms with Crippen LogP contribution < -0.4 is 0 Å². The van der Waals surface area contributed by atoms with Gasteiger partial charge < -0.3 is 5.11 Å². The van der Waals surface area contributed by atoms with E-state index in [4.69, 9.17) is 5.11 Å². The molecule has 0 saturated heterocycles. The third-order valence-corrected chi connectivity index (χ3v) is 2.26. The number of hydrogen-bond donors (Lipinski definition) is 1. The van der Waals surface area contributed by atoms with E-state index in [1.54, 1.807) is 6.92 Å². The van der Waals surface area contributed by atoms with E-state index in [2.05, 4.69) is 0 Å². The van der Waals surface area contributed by atoms with Gasteiger partial charge in [0.2, 0.25) is 0 Å². The molecule has 5 heteroatoms. The highest BCUT2D eigenvalue weighted by molar-refractivity contribution is 5.90. The fraction of sp³-hybridized carbons (Fsp3) is 0.250. The number of alkyl halides is 3. The van der Waals surface area contributed by atoms with E-state index in [0.717, 1.165) is 12.1 Å². The number of halogens is 3. The first kappa shape index (κ1) is 13.3. The molecule has 0 radical (unpaired) electrons. The molecule has 1 aromatic carbocycles. The van der Waals surface area contributed by atoms with Crippen LogP contribution in [0.2, 0.25) is 0 Å². The molecule has 1 aromatic rings. The Morgan fingerprint density at radius 3 is 2.41 bits per heavy atom. The zero-order chi connectivity index (χ0) is 13.1. The predicted molar refractivity (Wildman–Crippen MR) is 57.3 cm³/mol. The van der Waals surface area contributed by atoms with E-state index in [1.165, 1.54) is 18.2 Å². The summed E-state index contributed by atoms with van der Waals surface area (Å²) >= 11 is 0. The Bertz CT molecular complexity index is 447. The fourth-order valence-electron chi connectivity index (χ4n) is 1.53. The Labute approximate surface area is 96.4 Å². The second kappa shape index (κ2) is 5.03. The first-order valence-electron chi connectivity index (χ1n) is 4.96. The van der Waals surface area contributed by atoms with Crippen molar-refractivity contribution in [1.29, 1.82) is 0 Å². The van der Waals surface area contributed by atoms with Crippen molar-refractivity contribution in [2.45, 2.75) is 19.5 Å². The maximum Gasteiger partial charge on any atom is 0.416 e. The van der Waals surface area contributed by atoms with Crippen molar-refractivity contribution in [2.24, 2.45) is 0 Å². The number of carboxylic acid groups (broad SMARTS) is 1. The zero-order valence-corrected chi connectivity index (χ0v) is 9.08. The fourth-order valence-corrected chi connectivity index (χ4v) is 1.53. The van der Waals surface area contributed by atoms with Gasteiger partial charge in [0.15, 0.2) is 0 Å². The lowest BCUT2D eigenvalue weighted by Gasteiger charge is -2.13. The molecule has 0 amide bonds. The van der Waals surface area contributed by atoms with Crippen LogP contribution in [0, 0.1) is 0 Å². The molecule has 0 heterocycles. The second-order valence-corrected chi connectivity index (χ2v) is 3.40. The average Bonchev–Trinajstić information content (AvgIpc) is 2.24. The van der Waals surface area contributed by atoms with Crippen molar-refractivity contribution in [3.05, 3.63) is 41.5 Å². The minimum atomic E-state index is -4.48. The molecule has 0 fully saturated rings. The predicted octanol–water partition coefficient (Wildman–Crippen LogP) is 3.58. The van der Waals surface area contributed by atoms with Crippen molar-refractivity contribution >= 4 is 11.5 Å². The summed E-state index contributed by atoms with van der Waals surface area (Å²) in [4.78, 5) is 10.5. The van der Waals surface area contributed by atoms with Crippen molar-refractivity contribution in [2.75, 3.05) is 0 Å². The largest absolute Gasteiger partial charge is 0.478 e. The molecule has 2 nitrogen and oxygen atoms in total. The van der Waals surface area contributed by atoms with Crippen molar-refractivity contribution in [1.82, 2.24) is 0 Å². The van der Waals surface area contributed by atoms with Gasteiger partial charge in [0.25, 0.3) is 0 Å². The van der Waals surface area contributed by atoms with Crippen molar-refractivity contribution < 1.29 is 23.1 Å². The van der Waals surface area contributed by atoms with Crippen LogP contribution in [-0.4, -0.2) is 11.1 Å². The first-order chi connectivity index (χ1) is 7.86. The van der Waals surface area contributed by atoms with Crippen LogP contribution in [0.5, 0.6) is 0 Å². The SMILES string of the molecule is CCC(=CC(=O)O)c1ccccc1C(F)(F)F.